The number of carbonyl (C=O) groups excluding carboxylic acids is 1. The van der Waals surface area contributed by atoms with Gasteiger partial charge in [0.1, 0.15) is 0 Å². The highest BCUT2D eigenvalue weighted by atomic mass is 16.5. The molecule has 2 aromatic rings. The first-order chi connectivity index (χ1) is 13.6. The molecule has 0 aliphatic heterocycles. The summed E-state index contributed by atoms with van der Waals surface area (Å²) in [5.41, 5.74) is 2.74. The van der Waals surface area contributed by atoms with Crippen LogP contribution in [0.25, 0.3) is 0 Å². The third kappa shape index (κ3) is 4.98. The molecule has 0 heterocycles. The van der Waals surface area contributed by atoms with Crippen molar-refractivity contribution in [3.05, 3.63) is 65.2 Å². The third-order valence-corrected chi connectivity index (χ3v) is 5.27. The first kappa shape index (κ1) is 20.1. The molecular weight excluding hydrogens is 354 g/mol. The summed E-state index contributed by atoms with van der Waals surface area (Å²) in [6.45, 7) is 2.22. The maximum atomic E-state index is 12.9. The molecule has 1 unspecified atom stereocenters. The number of carboxylic acids is 1. The minimum absolute atomic E-state index is 0.139. The van der Waals surface area contributed by atoms with Crippen LogP contribution in [0.5, 0.6) is 0 Å². The lowest BCUT2D eigenvalue weighted by Gasteiger charge is -2.22. The van der Waals surface area contributed by atoms with Crippen LogP contribution in [-0.2, 0) is 4.74 Å². The molecule has 1 atom stereocenters. The fourth-order valence-corrected chi connectivity index (χ4v) is 3.72. The molecule has 1 aliphatic carbocycles. The van der Waals surface area contributed by atoms with E-state index in [0.717, 1.165) is 0 Å². The van der Waals surface area contributed by atoms with Crippen molar-refractivity contribution in [2.45, 2.75) is 51.2 Å². The number of Topliss-reactive ketones (excluding diaryl/α,β-unsaturated/α-hetero) is 1. The van der Waals surface area contributed by atoms with Crippen LogP contribution < -0.4 is 5.32 Å². The van der Waals surface area contributed by atoms with Crippen molar-refractivity contribution in [2.24, 2.45) is 0 Å². The number of nitrogens with one attached hydrogen (secondary N) is 1. The number of carboxylic acid groups (broad SMARTS) is 1. The zero-order valence-electron chi connectivity index (χ0n) is 16.2. The quantitative estimate of drug-likeness (QED) is 0.492. The van der Waals surface area contributed by atoms with Gasteiger partial charge in [0.15, 0.2) is 6.23 Å². The van der Waals surface area contributed by atoms with Crippen molar-refractivity contribution < 1.29 is 19.4 Å². The van der Waals surface area contributed by atoms with Gasteiger partial charge in [-0.15, -0.1) is 0 Å². The van der Waals surface area contributed by atoms with Crippen molar-refractivity contribution in [3.8, 4) is 0 Å². The molecule has 1 aliphatic rings. The van der Waals surface area contributed by atoms with E-state index in [1.807, 2.05) is 19.1 Å². The van der Waals surface area contributed by atoms with Crippen LogP contribution in [0.3, 0.4) is 0 Å². The summed E-state index contributed by atoms with van der Waals surface area (Å²) in [5.74, 6) is -0.520. The van der Waals surface area contributed by atoms with Crippen LogP contribution in [0.2, 0.25) is 0 Å². The molecule has 0 saturated heterocycles. The van der Waals surface area contributed by atoms with E-state index in [-0.39, 0.29) is 11.3 Å². The van der Waals surface area contributed by atoms with Crippen LogP contribution in [0.4, 0.5) is 5.69 Å². The third-order valence-electron chi connectivity index (χ3n) is 5.27. The lowest BCUT2D eigenvalue weighted by Crippen LogP contribution is -2.32. The van der Waals surface area contributed by atoms with Gasteiger partial charge in [-0.2, -0.15) is 0 Å². The van der Waals surface area contributed by atoms with Crippen molar-refractivity contribution in [1.29, 1.82) is 0 Å². The molecule has 1 saturated carbocycles. The van der Waals surface area contributed by atoms with Crippen LogP contribution in [0.1, 0.15) is 71.2 Å². The molecular formula is C23H27NO4. The number of hydrogen-bond donors (Lipinski definition) is 2. The van der Waals surface area contributed by atoms with Gasteiger partial charge >= 0.3 is 5.97 Å². The number of rotatable bonds is 8. The van der Waals surface area contributed by atoms with E-state index < -0.39 is 12.2 Å². The Hall–Kier alpha value is -2.66. The highest BCUT2D eigenvalue weighted by Crippen LogP contribution is 2.32. The molecule has 5 nitrogen and oxygen atoms in total. The molecule has 5 heteroatoms. The highest BCUT2D eigenvalue weighted by molar-refractivity contribution is 6.00. The standard InChI is InChI=1S/C23H27NO4/c1-2-28-22(24-20-14-12-19(13-15-20)23(26)27)21(25)18-10-8-17(9-11-18)16-6-4-3-5-7-16/h8-16,22,24H,2-7H2,1H3,(H,26,27). The second kappa shape index (κ2) is 9.51. The van der Waals surface area contributed by atoms with Crippen LogP contribution >= 0.6 is 0 Å². The Morgan fingerprint density at radius 1 is 1.00 bits per heavy atom. The Labute approximate surface area is 165 Å². The van der Waals surface area contributed by atoms with Gasteiger partial charge in [0.25, 0.3) is 0 Å². The summed E-state index contributed by atoms with van der Waals surface area (Å²) in [6.07, 6.45) is 5.51. The van der Waals surface area contributed by atoms with Crippen molar-refractivity contribution in [1.82, 2.24) is 0 Å². The Kier molecular flexibility index (Phi) is 6.82. The number of hydrogen-bond acceptors (Lipinski definition) is 4. The van der Waals surface area contributed by atoms with Crippen LogP contribution in [0.15, 0.2) is 48.5 Å². The number of anilines is 1. The summed E-state index contributed by atoms with van der Waals surface area (Å²) >= 11 is 0. The van der Waals surface area contributed by atoms with E-state index in [1.54, 1.807) is 12.1 Å². The first-order valence-corrected chi connectivity index (χ1v) is 9.94. The van der Waals surface area contributed by atoms with Crippen LogP contribution in [0, 0.1) is 0 Å². The summed E-state index contributed by atoms with van der Waals surface area (Å²) in [5, 5.41) is 12.1. The number of ketones is 1. The first-order valence-electron chi connectivity index (χ1n) is 9.94. The molecule has 0 aromatic heterocycles. The largest absolute Gasteiger partial charge is 0.478 e. The van der Waals surface area contributed by atoms with Crippen molar-refractivity contribution in [3.63, 3.8) is 0 Å². The van der Waals surface area contributed by atoms with Crippen LogP contribution in [-0.4, -0.2) is 29.7 Å². The smallest absolute Gasteiger partial charge is 0.335 e. The predicted molar refractivity (Wildman–Crippen MR) is 109 cm³/mol. The van der Waals surface area contributed by atoms with Gasteiger partial charge in [-0.3, -0.25) is 4.79 Å². The second-order valence-corrected chi connectivity index (χ2v) is 7.18. The number of aromatic carboxylic acids is 1. The zero-order valence-corrected chi connectivity index (χ0v) is 16.2. The zero-order chi connectivity index (χ0) is 19.9. The summed E-state index contributed by atoms with van der Waals surface area (Å²) in [7, 11) is 0. The monoisotopic (exact) mass is 381 g/mol. The maximum Gasteiger partial charge on any atom is 0.335 e. The van der Waals surface area contributed by atoms with Crippen molar-refractivity contribution in [2.75, 3.05) is 11.9 Å². The molecule has 0 amide bonds. The summed E-state index contributed by atoms with van der Waals surface area (Å²) in [4.78, 5) is 23.9. The topological polar surface area (TPSA) is 75.6 Å². The predicted octanol–water partition coefficient (Wildman–Crippen LogP) is 5.09. The Balaban J connectivity index is 1.70. The molecule has 2 aromatic carbocycles. The van der Waals surface area contributed by atoms with Gasteiger partial charge in [0.2, 0.25) is 5.78 Å². The molecule has 0 spiro atoms. The molecule has 3 rings (SSSR count). The fourth-order valence-electron chi connectivity index (χ4n) is 3.72. The number of benzene rings is 2. The average molecular weight is 381 g/mol. The number of carbonyl (C=O) groups is 2. The van der Waals surface area contributed by atoms with Gasteiger partial charge in [0.05, 0.1) is 5.56 Å². The minimum Gasteiger partial charge on any atom is -0.478 e. The van der Waals surface area contributed by atoms with E-state index in [9.17, 15) is 9.59 Å². The molecule has 1 fully saturated rings. The lowest BCUT2D eigenvalue weighted by atomic mass is 9.84. The van der Waals surface area contributed by atoms with E-state index in [0.29, 0.717) is 23.8 Å². The molecule has 2 N–H and O–H groups in total. The van der Waals surface area contributed by atoms with Gasteiger partial charge in [-0.25, -0.2) is 4.79 Å². The molecule has 148 valence electrons. The average Bonchev–Trinajstić information content (AvgIpc) is 2.74. The highest BCUT2D eigenvalue weighted by Gasteiger charge is 2.21. The van der Waals surface area contributed by atoms with E-state index in [2.05, 4.69) is 17.4 Å². The van der Waals surface area contributed by atoms with Gasteiger partial charge < -0.3 is 15.2 Å². The number of ether oxygens (including phenoxy) is 1. The Morgan fingerprint density at radius 2 is 1.61 bits per heavy atom. The Bertz CT molecular complexity index is 792. The Morgan fingerprint density at radius 3 is 2.18 bits per heavy atom. The van der Waals surface area contributed by atoms with E-state index >= 15 is 0 Å². The molecule has 0 radical (unpaired) electrons. The van der Waals surface area contributed by atoms with Crippen molar-refractivity contribution >= 4 is 17.4 Å². The minimum atomic E-state index is -0.984. The van der Waals surface area contributed by atoms with Gasteiger partial charge in [0, 0.05) is 17.9 Å². The second-order valence-electron chi connectivity index (χ2n) is 7.18. The SMILES string of the molecule is CCOC(Nc1ccc(C(=O)O)cc1)C(=O)c1ccc(C2CCCCC2)cc1. The molecule has 0 bridgehead atoms. The maximum absolute atomic E-state index is 12.9. The van der Waals surface area contributed by atoms with E-state index in [4.69, 9.17) is 9.84 Å². The van der Waals surface area contributed by atoms with Gasteiger partial charge in [-0.05, 0) is 55.5 Å². The summed E-state index contributed by atoms with van der Waals surface area (Å²) in [6, 6.07) is 14.2. The van der Waals surface area contributed by atoms with E-state index in [1.165, 1.54) is 49.8 Å². The fraction of sp³-hybridized carbons (Fsp3) is 0.391. The summed E-state index contributed by atoms with van der Waals surface area (Å²) < 4.78 is 5.61. The lowest BCUT2D eigenvalue weighted by molar-refractivity contribution is 0.0549. The van der Waals surface area contributed by atoms with Gasteiger partial charge in [-0.1, -0.05) is 43.5 Å². The normalized spacial score (nSPS) is 15.8. The molecule has 28 heavy (non-hydrogen) atoms.